The summed E-state index contributed by atoms with van der Waals surface area (Å²) >= 11 is 0. The van der Waals surface area contributed by atoms with E-state index in [1.165, 1.54) is 11.1 Å². The van der Waals surface area contributed by atoms with E-state index in [-0.39, 0.29) is 6.10 Å². The van der Waals surface area contributed by atoms with Gasteiger partial charge in [-0.25, -0.2) is 0 Å². The highest BCUT2D eigenvalue weighted by Gasteiger charge is 2.31. The van der Waals surface area contributed by atoms with Crippen LogP contribution >= 0.6 is 0 Å². The number of nitrogens with zero attached hydrogens (tertiary/aromatic N) is 2. The first-order valence-corrected chi connectivity index (χ1v) is 7.52. The molecule has 112 valence electrons. The molecule has 1 heterocycles. The number of hydrogen-bond acceptors (Lipinski definition) is 3. The SMILES string of the molecule is Cc1cc(C)cc(C(O)CN2CC(C)C(N(C)C)C2)c1. The van der Waals surface area contributed by atoms with E-state index in [0.29, 0.717) is 12.0 Å². The molecule has 0 amide bonds. The molecule has 20 heavy (non-hydrogen) atoms. The molecule has 0 aromatic heterocycles. The van der Waals surface area contributed by atoms with Gasteiger partial charge in [-0.15, -0.1) is 0 Å². The van der Waals surface area contributed by atoms with Crippen LogP contribution in [0.5, 0.6) is 0 Å². The number of hydrogen-bond donors (Lipinski definition) is 1. The molecular formula is C17H28N2O. The molecule has 0 bridgehead atoms. The van der Waals surface area contributed by atoms with E-state index < -0.39 is 0 Å². The van der Waals surface area contributed by atoms with Gasteiger partial charge in [0, 0.05) is 25.7 Å². The quantitative estimate of drug-likeness (QED) is 0.913. The first-order valence-electron chi connectivity index (χ1n) is 7.52. The van der Waals surface area contributed by atoms with Gasteiger partial charge >= 0.3 is 0 Å². The molecule has 1 saturated heterocycles. The smallest absolute Gasteiger partial charge is 0.0917 e. The number of benzene rings is 1. The molecule has 0 aliphatic carbocycles. The average Bonchev–Trinajstić information content (AvgIpc) is 2.69. The third-order valence-electron chi connectivity index (χ3n) is 4.37. The normalized spacial score (nSPS) is 25.4. The maximum Gasteiger partial charge on any atom is 0.0917 e. The maximum atomic E-state index is 10.5. The molecule has 3 unspecified atom stereocenters. The number of β-amino-alcohol motifs (C(OH)–C–C–N with tert-alkyl or cyclic N) is 1. The highest BCUT2D eigenvalue weighted by molar-refractivity contribution is 5.30. The van der Waals surface area contributed by atoms with E-state index in [0.717, 1.165) is 25.2 Å². The summed E-state index contributed by atoms with van der Waals surface area (Å²) in [7, 11) is 4.29. The van der Waals surface area contributed by atoms with Gasteiger partial charge in [-0.1, -0.05) is 36.2 Å². The predicted octanol–water partition coefficient (Wildman–Crippen LogP) is 2.22. The van der Waals surface area contributed by atoms with Gasteiger partial charge in [-0.2, -0.15) is 0 Å². The van der Waals surface area contributed by atoms with Crippen LogP contribution in [0.4, 0.5) is 0 Å². The molecule has 1 aromatic rings. The van der Waals surface area contributed by atoms with E-state index in [1.54, 1.807) is 0 Å². The first-order chi connectivity index (χ1) is 9.36. The van der Waals surface area contributed by atoms with Gasteiger partial charge in [0.15, 0.2) is 0 Å². The van der Waals surface area contributed by atoms with Gasteiger partial charge in [-0.3, -0.25) is 4.90 Å². The molecule has 0 radical (unpaired) electrons. The van der Waals surface area contributed by atoms with Crippen LogP contribution in [-0.4, -0.2) is 54.7 Å². The summed E-state index contributed by atoms with van der Waals surface area (Å²) < 4.78 is 0. The summed E-state index contributed by atoms with van der Waals surface area (Å²) in [5.74, 6) is 0.663. The lowest BCUT2D eigenvalue weighted by atomic mass is 10.0. The minimum Gasteiger partial charge on any atom is -0.387 e. The zero-order chi connectivity index (χ0) is 14.9. The lowest BCUT2D eigenvalue weighted by Gasteiger charge is -2.23. The Bertz CT molecular complexity index is 438. The Labute approximate surface area is 123 Å². The van der Waals surface area contributed by atoms with Gasteiger partial charge < -0.3 is 10.0 Å². The lowest BCUT2D eigenvalue weighted by molar-refractivity contribution is 0.121. The molecule has 0 spiro atoms. The Kier molecular flexibility index (Phi) is 4.84. The minimum atomic E-state index is -0.387. The number of aryl methyl sites for hydroxylation is 2. The molecule has 1 aliphatic heterocycles. The maximum absolute atomic E-state index is 10.5. The van der Waals surface area contributed by atoms with Crippen LogP contribution in [0.25, 0.3) is 0 Å². The fourth-order valence-electron chi connectivity index (χ4n) is 3.42. The Hall–Kier alpha value is -0.900. The fourth-order valence-corrected chi connectivity index (χ4v) is 3.42. The van der Waals surface area contributed by atoms with Crippen molar-refractivity contribution in [2.75, 3.05) is 33.7 Å². The molecule has 0 saturated carbocycles. The monoisotopic (exact) mass is 276 g/mol. The third kappa shape index (κ3) is 3.60. The van der Waals surface area contributed by atoms with Crippen LogP contribution in [0.1, 0.15) is 29.7 Å². The van der Waals surface area contributed by atoms with Gasteiger partial charge in [0.2, 0.25) is 0 Å². The molecular weight excluding hydrogens is 248 g/mol. The predicted molar refractivity (Wildman–Crippen MR) is 84.0 cm³/mol. The van der Waals surface area contributed by atoms with Crippen molar-refractivity contribution in [3.05, 3.63) is 34.9 Å². The van der Waals surface area contributed by atoms with Crippen molar-refractivity contribution < 1.29 is 5.11 Å². The van der Waals surface area contributed by atoms with E-state index >= 15 is 0 Å². The summed E-state index contributed by atoms with van der Waals surface area (Å²) in [6.07, 6.45) is -0.387. The largest absolute Gasteiger partial charge is 0.387 e. The number of likely N-dealkylation sites (N-methyl/N-ethyl adjacent to an activating group) is 1. The van der Waals surface area contributed by atoms with Gasteiger partial charge in [0.25, 0.3) is 0 Å². The summed E-state index contributed by atoms with van der Waals surface area (Å²) in [6, 6.07) is 6.94. The summed E-state index contributed by atoms with van der Waals surface area (Å²) in [4.78, 5) is 4.69. The van der Waals surface area contributed by atoms with Crippen LogP contribution in [0.15, 0.2) is 18.2 Å². The molecule has 3 nitrogen and oxygen atoms in total. The number of rotatable bonds is 4. The highest BCUT2D eigenvalue weighted by Crippen LogP contribution is 2.24. The molecule has 1 aliphatic rings. The second-order valence-electron chi connectivity index (χ2n) is 6.66. The van der Waals surface area contributed by atoms with Crippen molar-refractivity contribution in [1.29, 1.82) is 0 Å². The molecule has 3 heteroatoms. The van der Waals surface area contributed by atoms with Crippen molar-refractivity contribution in [2.24, 2.45) is 5.92 Å². The van der Waals surface area contributed by atoms with Crippen molar-refractivity contribution in [1.82, 2.24) is 9.80 Å². The molecule has 3 atom stereocenters. The Balaban J connectivity index is 2.00. The Morgan fingerprint density at radius 1 is 1.20 bits per heavy atom. The second kappa shape index (κ2) is 6.25. The van der Waals surface area contributed by atoms with Gasteiger partial charge in [-0.05, 0) is 39.4 Å². The van der Waals surface area contributed by atoms with Crippen molar-refractivity contribution in [3.8, 4) is 0 Å². The topological polar surface area (TPSA) is 26.7 Å². The first kappa shape index (κ1) is 15.5. The third-order valence-corrected chi connectivity index (χ3v) is 4.37. The zero-order valence-corrected chi connectivity index (χ0v) is 13.4. The van der Waals surface area contributed by atoms with E-state index in [1.807, 2.05) is 0 Å². The molecule has 2 rings (SSSR count). The van der Waals surface area contributed by atoms with E-state index in [4.69, 9.17) is 0 Å². The van der Waals surface area contributed by atoms with Crippen LogP contribution in [-0.2, 0) is 0 Å². The second-order valence-corrected chi connectivity index (χ2v) is 6.66. The van der Waals surface area contributed by atoms with Crippen LogP contribution in [0.3, 0.4) is 0 Å². The van der Waals surface area contributed by atoms with E-state index in [2.05, 4.69) is 62.9 Å². The van der Waals surface area contributed by atoms with Crippen molar-refractivity contribution >= 4 is 0 Å². The standard InChI is InChI=1S/C17H28N2O/c1-12-6-13(2)8-15(7-12)17(20)11-19-9-14(3)16(10-19)18(4)5/h6-8,14,16-17,20H,9-11H2,1-5H3. The van der Waals surface area contributed by atoms with Crippen molar-refractivity contribution in [3.63, 3.8) is 0 Å². The van der Waals surface area contributed by atoms with Crippen LogP contribution in [0.2, 0.25) is 0 Å². The molecule has 1 fully saturated rings. The van der Waals surface area contributed by atoms with Crippen molar-refractivity contribution in [2.45, 2.75) is 32.9 Å². The Morgan fingerprint density at radius 3 is 2.30 bits per heavy atom. The zero-order valence-electron chi connectivity index (χ0n) is 13.4. The fraction of sp³-hybridized carbons (Fsp3) is 0.647. The van der Waals surface area contributed by atoms with Crippen LogP contribution < -0.4 is 0 Å². The summed E-state index contributed by atoms with van der Waals surface area (Å²) in [6.45, 7) is 9.33. The average molecular weight is 276 g/mol. The highest BCUT2D eigenvalue weighted by atomic mass is 16.3. The lowest BCUT2D eigenvalue weighted by Crippen LogP contribution is -2.35. The molecule has 1 N–H and O–H groups in total. The Morgan fingerprint density at radius 2 is 1.80 bits per heavy atom. The van der Waals surface area contributed by atoms with Crippen LogP contribution in [0, 0.1) is 19.8 Å². The number of aliphatic hydroxyl groups is 1. The van der Waals surface area contributed by atoms with Gasteiger partial charge in [0.05, 0.1) is 6.10 Å². The number of aliphatic hydroxyl groups excluding tert-OH is 1. The molecule has 1 aromatic carbocycles. The summed E-state index contributed by atoms with van der Waals surface area (Å²) in [5.41, 5.74) is 3.49. The van der Waals surface area contributed by atoms with E-state index in [9.17, 15) is 5.11 Å². The summed E-state index contributed by atoms with van der Waals surface area (Å²) in [5, 5.41) is 10.5. The number of likely N-dealkylation sites (tertiary alicyclic amines) is 1. The van der Waals surface area contributed by atoms with Gasteiger partial charge in [0.1, 0.15) is 0 Å². The minimum absolute atomic E-state index is 0.387.